The van der Waals surface area contributed by atoms with E-state index in [-0.39, 0.29) is 17.9 Å². The lowest BCUT2D eigenvalue weighted by molar-refractivity contribution is -0.385. The van der Waals surface area contributed by atoms with E-state index in [0.29, 0.717) is 29.3 Å². The molecule has 0 radical (unpaired) electrons. The van der Waals surface area contributed by atoms with E-state index in [0.717, 1.165) is 0 Å². The van der Waals surface area contributed by atoms with Crippen LogP contribution in [0, 0.1) is 26.9 Å². The maximum Gasteiger partial charge on any atom is 0.273 e. The number of rotatable bonds is 3. The van der Waals surface area contributed by atoms with Crippen molar-refractivity contribution in [3.63, 3.8) is 0 Å². The minimum Gasteiger partial charge on any atom is -0.298 e. The summed E-state index contributed by atoms with van der Waals surface area (Å²) < 4.78 is 0.603. The van der Waals surface area contributed by atoms with Crippen LogP contribution in [0.1, 0.15) is 24.8 Å². The lowest BCUT2D eigenvalue weighted by Gasteiger charge is -2.18. The van der Waals surface area contributed by atoms with Gasteiger partial charge in [0, 0.05) is 28.9 Å². The summed E-state index contributed by atoms with van der Waals surface area (Å²) in [5.41, 5.74) is -0.702. The maximum atomic E-state index is 11.9. The lowest BCUT2D eigenvalue weighted by atomic mass is 9.80. The van der Waals surface area contributed by atoms with E-state index < -0.39 is 10.3 Å². The van der Waals surface area contributed by atoms with Gasteiger partial charge in [0.15, 0.2) is 5.78 Å². The molecule has 98 valence electrons. The van der Waals surface area contributed by atoms with Gasteiger partial charge < -0.3 is 0 Å². The van der Waals surface area contributed by atoms with E-state index in [1.54, 1.807) is 12.1 Å². The maximum absolute atomic E-state index is 11.9. The Morgan fingerprint density at radius 3 is 2.79 bits per heavy atom. The van der Waals surface area contributed by atoms with Crippen LogP contribution < -0.4 is 0 Å². The van der Waals surface area contributed by atoms with Crippen molar-refractivity contribution >= 4 is 27.4 Å². The number of benzene rings is 1. The fourth-order valence-corrected chi connectivity index (χ4v) is 2.80. The highest BCUT2D eigenvalue weighted by atomic mass is 79.9. The summed E-state index contributed by atoms with van der Waals surface area (Å²) in [6.07, 6.45) is 1.66. The summed E-state index contributed by atoms with van der Waals surface area (Å²) in [7, 11) is 0. The Morgan fingerprint density at radius 2 is 2.26 bits per heavy atom. The molecule has 1 saturated carbocycles. The van der Waals surface area contributed by atoms with Gasteiger partial charge in [-0.25, -0.2) is 0 Å². The normalized spacial score (nSPS) is 22.2. The van der Waals surface area contributed by atoms with Gasteiger partial charge in [-0.3, -0.25) is 14.9 Å². The predicted molar refractivity (Wildman–Crippen MR) is 71.4 cm³/mol. The number of carbonyl (C=O) groups excluding carboxylic acids is 1. The molecule has 1 aliphatic rings. The first kappa shape index (κ1) is 13.7. The van der Waals surface area contributed by atoms with Gasteiger partial charge in [0.05, 0.1) is 11.0 Å². The van der Waals surface area contributed by atoms with Gasteiger partial charge >= 0.3 is 0 Å². The standard InChI is InChI=1S/C13H11BrN2O3/c14-10-4-3-9(11(6-10)16(18)19)7-13(8-15)5-1-2-12(13)17/h3-4,6H,1-2,5,7H2. The van der Waals surface area contributed by atoms with Gasteiger partial charge in [0.25, 0.3) is 5.69 Å². The second-order valence-electron chi connectivity index (χ2n) is 4.68. The minimum atomic E-state index is -1.08. The molecule has 1 aromatic rings. The van der Waals surface area contributed by atoms with Crippen LogP contribution in [0.25, 0.3) is 0 Å². The van der Waals surface area contributed by atoms with Crippen LogP contribution >= 0.6 is 15.9 Å². The van der Waals surface area contributed by atoms with Crippen LogP contribution in [0.2, 0.25) is 0 Å². The summed E-state index contributed by atoms with van der Waals surface area (Å²) in [4.78, 5) is 22.4. The number of hydrogen-bond donors (Lipinski definition) is 0. The Hall–Kier alpha value is -1.74. The van der Waals surface area contributed by atoms with Gasteiger partial charge in [0.1, 0.15) is 5.41 Å². The zero-order chi connectivity index (χ0) is 14.0. The van der Waals surface area contributed by atoms with Crippen LogP contribution in [0.5, 0.6) is 0 Å². The van der Waals surface area contributed by atoms with Crippen molar-refractivity contribution in [2.45, 2.75) is 25.7 Å². The Morgan fingerprint density at radius 1 is 1.53 bits per heavy atom. The lowest BCUT2D eigenvalue weighted by Crippen LogP contribution is -2.26. The molecule has 0 spiro atoms. The van der Waals surface area contributed by atoms with E-state index >= 15 is 0 Å². The van der Waals surface area contributed by atoms with E-state index in [1.165, 1.54) is 6.07 Å². The molecule has 5 nitrogen and oxygen atoms in total. The molecule has 2 rings (SSSR count). The monoisotopic (exact) mass is 322 g/mol. The number of Topliss-reactive ketones (excluding diaryl/α,β-unsaturated/α-hetero) is 1. The summed E-state index contributed by atoms with van der Waals surface area (Å²) in [5.74, 6) is -0.104. The van der Waals surface area contributed by atoms with Gasteiger partial charge in [0.2, 0.25) is 0 Å². The highest BCUT2D eigenvalue weighted by Crippen LogP contribution is 2.39. The molecule has 19 heavy (non-hydrogen) atoms. The molecular weight excluding hydrogens is 312 g/mol. The van der Waals surface area contributed by atoms with Crippen LogP contribution in [-0.4, -0.2) is 10.7 Å². The molecule has 1 atom stereocenters. The van der Waals surface area contributed by atoms with Crippen molar-refractivity contribution in [1.82, 2.24) is 0 Å². The average molecular weight is 323 g/mol. The van der Waals surface area contributed by atoms with Gasteiger partial charge in [-0.15, -0.1) is 0 Å². The Kier molecular flexibility index (Phi) is 3.67. The molecule has 0 heterocycles. The molecule has 1 aromatic carbocycles. The number of halogens is 1. The van der Waals surface area contributed by atoms with E-state index in [2.05, 4.69) is 22.0 Å². The number of nitriles is 1. The highest BCUT2D eigenvalue weighted by Gasteiger charge is 2.43. The van der Waals surface area contributed by atoms with Crippen molar-refractivity contribution in [2.24, 2.45) is 5.41 Å². The van der Waals surface area contributed by atoms with Crippen molar-refractivity contribution in [2.75, 3.05) is 0 Å². The predicted octanol–water partition coefficient (Wildman–Crippen LogP) is 3.16. The Balaban J connectivity index is 2.41. The summed E-state index contributed by atoms with van der Waals surface area (Å²) in [6.45, 7) is 0. The molecule has 0 N–H and O–H groups in total. The molecule has 0 saturated heterocycles. The molecule has 6 heteroatoms. The first-order chi connectivity index (χ1) is 8.98. The summed E-state index contributed by atoms with van der Waals surface area (Å²) in [5, 5.41) is 20.3. The molecule has 1 aliphatic carbocycles. The molecule has 0 amide bonds. The second kappa shape index (κ2) is 5.10. The topological polar surface area (TPSA) is 84.0 Å². The largest absolute Gasteiger partial charge is 0.298 e. The second-order valence-corrected chi connectivity index (χ2v) is 5.59. The quantitative estimate of drug-likeness (QED) is 0.632. The number of ketones is 1. The summed E-state index contributed by atoms with van der Waals surface area (Å²) >= 11 is 3.18. The zero-order valence-corrected chi connectivity index (χ0v) is 11.6. The summed E-state index contributed by atoms with van der Waals surface area (Å²) in [6, 6.07) is 6.77. The van der Waals surface area contributed by atoms with E-state index in [9.17, 15) is 20.2 Å². The molecule has 1 unspecified atom stereocenters. The Bertz CT molecular complexity index is 594. The van der Waals surface area contributed by atoms with Crippen molar-refractivity contribution in [3.05, 3.63) is 38.3 Å². The molecule has 1 fully saturated rings. The third-order valence-corrected chi connectivity index (χ3v) is 3.98. The van der Waals surface area contributed by atoms with Crippen LogP contribution in [0.4, 0.5) is 5.69 Å². The van der Waals surface area contributed by atoms with Crippen LogP contribution in [0.3, 0.4) is 0 Å². The highest BCUT2D eigenvalue weighted by molar-refractivity contribution is 9.10. The van der Waals surface area contributed by atoms with Gasteiger partial charge in [-0.2, -0.15) is 5.26 Å². The fourth-order valence-electron chi connectivity index (χ4n) is 2.46. The molecule has 0 aliphatic heterocycles. The first-order valence-electron chi connectivity index (χ1n) is 5.86. The number of carbonyl (C=O) groups is 1. The Labute approximate surface area is 118 Å². The van der Waals surface area contributed by atoms with Gasteiger partial charge in [-0.05, 0) is 18.9 Å². The SMILES string of the molecule is N#CC1(Cc2ccc(Br)cc2[N+](=O)[O-])CCCC1=O. The van der Waals surface area contributed by atoms with Crippen molar-refractivity contribution < 1.29 is 9.72 Å². The minimum absolute atomic E-state index is 0.0521. The van der Waals surface area contributed by atoms with Crippen molar-refractivity contribution in [3.8, 4) is 6.07 Å². The third kappa shape index (κ3) is 2.51. The van der Waals surface area contributed by atoms with E-state index in [4.69, 9.17) is 0 Å². The number of hydrogen-bond acceptors (Lipinski definition) is 4. The number of nitro benzene ring substituents is 1. The number of nitro groups is 1. The molecule has 0 aromatic heterocycles. The number of nitrogens with zero attached hydrogens (tertiary/aromatic N) is 2. The smallest absolute Gasteiger partial charge is 0.273 e. The first-order valence-corrected chi connectivity index (χ1v) is 6.65. The zero-order valence-electron chi connectivity index (χ0n) is 10.1. The van der Waals surface area contributed by atoms with E-state index in [1.807, 2.05) is 0 Å². The van der Waals surface area contributed by atoms with Crippen molar-refractivity contribution in [1.29, 1.82) is 5.26 Å². The third-order valence-electron chi connectivity index (χ3n) is 3.49. The fraction of sp³-hybridized carbons (Fsp3) is 0.385. The van der Waals surface area contributed by atoms with Crippen LogP contribution in [-0.2, 0) is 11.2 Å². The van der Waals surface area contributed by atoms with Crippen LogP contribution in [0.15, 0.2) is 22.7 Å². The molecule has 0 bridgehead atoms. The van der Waals surface area contributed by atoms with Gasteiger partial charge in [-0.1, -0.05) is 22.0 Å². The molecular formula is C13H11BrN2O3. The average Bonchev–Trinajstić information content (AvgIpc) is 2.73.